The van der Waals surface area contributed by atoms with E-state index < -0.39 is 35.1 Å². The first-order valence-corrected chi connectivity index (χ1v) is 7.65. The molecule has 12 heteroatoms. The third-order valence-corrected chi connectivity index (χ3v) is 4.18. The predicted molar refractivity (Wildman–Crippen MR) is 83.1 cm³/mol. The number of hydrazone groups is 1. The maximum Gasteiger partial charge on any atom is 0.438 e. The second-order valence-corrected chi connectivity index (χ2v) is 6.34. The molecule has 1 aliphatic heterocycles. The highest BCUT2D eigenvalue weighted by atomic mass is 19.4. The van der Waals surface area contributed by atoms with Gasteiger partial charge in [0.1, 0.15) is 11.4 Å². The summed E-state index contributed by atoms with van der Waals surface area (Å²) in [6, 6.07) is 0. The minimum absolute atomic E-state index is 0.0351. The van der Waals surface area contributed by atoms with Crippen molar-refractivity contribution in [2.24, 2.45) is 11.0 Å². The number of hydrogen-bond donors (Lipinski definition) is 1. The van der Waals surface area contributed by atoms with E-state index in [1.54, 1.807) is 0 Å². The molecule has 1 aromatic rings. The van der Waals surface area contributed by atoms with Gasteiger partial charge < -0.3 is 5.11 Å². The third kappa shape index (κ3) is 3.16. The molecule has 26 heavy (non-hydrogen) atoms. The zero-order valence-corrected chi connectivity index (χ0v) is 14.5. The van der Waals surface area contributed by atoms with Crippen molar-refractivity contribution in [3.8, 4) is 0 Å². The lowest BCUT2D eigenvalue weighted by atomic mass is 10.0. The number of nitro groups is 1. The van der Waals surface area contributed by atoms with E-state index in [1.807, 2.05) is 0 Å². The minimum atomic E-state index is -5.08. The number of aryl methyl sites for hydroxylation is 1. The molecule has 1 aromatic heterocycles. The molecule has 0 unspecified atom stereocenters. The Morgan fingerprint density at radius 3 is 2.46 bits per heavy atom. The van der Waals surface area contributed by atoms with Crippen LogP contribution in [0.1, 0.15) is 31.7 Å². The smallest absolute Gasteiger partial charge is 0.362 e. The Morgan fingerprint density at radius 1 is 1.42 bits per heavy atom. The summed E-state index contributed by atoms with van der Waals surface area (Å²) < 4.78 is 40.8. The fraction of sp³-hybridized carbons (Fsp3) is 0.643. The van der Waals surface area contributed by atoms with Gasteiger partial charge in [0.15, 0.2) is 0 Å². The zero-order valence-electron chi connectivity index (χ0n) is 14.5. The molecule has 0 spiro atoms. The summed E-state index contributed by atoms with van der Waals surface area (Å²) in [4.78, 5) is 22.9. The van der Waals surface area contributed by atoms with Crippen molar-refractivity contribution in [2.45, 2.75) is 52.6 Å². The van der Waals surface area contributed by atoms with Crippen LogP contribution in [-0.2, 0) is 11.3 Å². The first-order valence-electron chi connectivity index (χ1n) is 7.65. The average molecular weight is 377 g/mol. The van der Waals surface area contributed by atoms with Crippen molar-refractivity contribution in [3.05, 3.63) is 21.5 Å². The second kappa shape index (κ2) is 6.34. The molecule has 144 valence electrons. The van der Waals surface area contributed by atoms with Gasteiger partial charge in [-0.2, -0.15) is 28.4 Å². The monoisotopic (exact) mass is 377 g/mol. The maximum atomic E-state index is 13.2. The van der Waals surface area contributed by atoms with Gasteiger partial charge >= 0.3 is 11.9 Å². The largest absolute Gasteiger partial charge is 0.438 e. The van der Waals surface area contributed by atoms with Crippen LogP contribution in [0.25, 0.3) is 0 Å². The van der Waals surface area contributed by atoms with Gasteiger partial charge in [-0.25, -0.2) is 0 Å². The van der Waals surface area contributed by atoms with E-state index in [2.05, 4.69) is 10.2 Å². The molecule has 0 aliphatic carbocycles. The number of aromatic nitrogens is 2. The van der Waals surface area contributed by atoms with E-state index in [4.69, 9.17) is 0 Å². The van der Waals surface area contributed by atoms with Crippen LogP contribution in [0.4, 0.5) is 18.9 Å². The topological polar surface area (TPSA) is 114 Å². The molecule has 0 fully saturated rings. The van der Waals surface area contributed by atoms with Gasteiger partial charge in [0.05, 0.1) is 17.4 Å². The summed E-state index contributed by atoms with van der Waals surface area (Å²) in [5.41, 5.74) is -3.34. The number of alkyl halides is 3. The van der Waals surface area contributed by atoms with E-state index in [0.29, 0.717) is 0 Å². The molecule has 0 radical (unpaired) electrons. The summed E-state index contributed by atoms with van der Waals surface area (Å²) in [7, 11) is 0. The summed E-state index contributed by atoms with van der Waals surface area (Å²) in [6.07, 6.45) is -5.92. The maximum absolute atomic E-state index is 13.2. The van der Waals surface area contributed by atoms with Crippen LogP contribution in [0.15, 0.2) is 5.10 Å². The van der Waals surface area contributed by atoms with Crippen molar-refractivity contribution >= 4 is 17.3 Å². The van der Waals surface area contributed by atoms with Crippen molar-refractivity contribution in [2.75, 3.05) is 0 Å². The molecule has 2 atom stereocenters. The molecule has 9 nitrogen and oxygen atoms in total. The average Bonchev–Trinajstić information content (AvgIpc) is 2.94. The number of aliphatic hydroxyl groups is 1. The van der Waals surface area contributed by atoms with Crippen molar-refractivity contribution in [1.29, 1.82) is 0 Å². The summed E-state index contributed by atoms with van der Waals surface area (Å²) in [5.74, 6) is -2.12. The molecule has 0 saturated heterocycles. The van der Waals surface area contributed by atoms with Gasteiger partial charge in [0.25, 0.3) is 5.72 Å². The molecule has 0 saturated carbocycles. The van der Waals surface area contributed by atoms with Crippen LogP contribution in [0, 0.1) is 29.9 Å². The zero-order chi connectivity index (χ0) is 20.0. The summed E-state index contributed by atoms with van der Waals surface area (Å²) in [6.45, 7) is 5.27. The summed E-state index contributed by atoms with van der Waals surface area (Å²) in [5, 5.41) is 28.5. The lowest BCUT2D eigenvalue weighted by Gasteiger charge is -2.33. The number of carbonyl (C=O) groups is 1. The standard InChI is InChI=1S/C14H18F3N5O4/c1-7(6-20-10(4)11(22(25)26)9(3)19-20)12(23)21-13(24,14(15,16)17)5-8(2)18-21/h7,24H,5-6H2,1-4H3/t7-,13-/m1/s1. The second-order valence-electron chi connectivity index (χ2n) is 6.34. The van der Waals surface area contributed by atoms with Crippen LogP contribution in [-0.4, -0.2) is 48.3 Å². The Bertz CT molecular complexity index is 788. The van der Waals surface area contributed by atoms with E-state index in [-0.39, 0.29) is 34.3 Å². The number of nitrogens with zero attached hydrogens (tertiary/aromatic N) is 5. The van der Waals surface area contributed by atoms with Gasteiger partial charge in [-0.15, -0.1) is 0 Å². The molecule has 0 bridgehead atoms. The van der Waals surface area contributed by atoms with Gasteiger partial charge in [0, 0.05) is 12.1 Å². The molecule has 1 aliphatic rings. The van der Waals surface area contributed by atoms with Crippen LogP contribution >= 0.6 is 0 Å². The Kier molecular flexibility index (Phi) is 4.83. The highest BCUT2D eigenvalue weighted by molar-refractivity contribution is 5.89. The third-order valence-electron chi connectivity index (χ3n) is 4.18. The summed E-state index contributed by atoms with van der Waals surface area (Å²) >= 11 is 0. The number of rotatable bonds is 4. The van der Waals surface area contributed by atoms with Gasteiger partial charge in [-0.05, 0) is 20.8 Å². The Balaban J connectivity index is 2.28. The van der Waals surface area contributed by atoms with Gasteiger partial charge in [-0.3, -0.25) is 19.6 Å². The highest BCUT2D eigenvalue weighted by Crippen LogP contribution is 2.41. The van der Waals surface area contributed by atoms with E-state index in [1.165, 1.54) is 32.4 Å². The Hall–Kier alpha value is -2.50. The first-order chi connectivity index (χ1) is 11.8. The normalized spacial score (nSPS) is 21.7. The first kappa shape index (κ1) is 19.8. The quantitative estimate of drug-likeness (QED) is 0.636. The number of halogens is 3. The van der Waals surface area contributed by atoms with E-state index in [9.17, 15) is 33.2 Å². The number of carbonyl (C=O) groups excluding carboxylic acids is 1. The van der Waals surface area contributed by atoms with Crippen LogP contribution in [0.3, 0.4) is 0 Å². The SMILES string of the molecule is CC1=NN(C(=O)[C@H](C)Cn2nc(C)c([N+](=O)[O-])c2C)[C@](O)(C(F)(F)F)C1. The van der Waals surface area contributed by atoms with Crippen LogP contribution in [0.2, 0.25) is 0 Å². The van der Waals surface area contributed by atoms with Gasteiger partial charge in [-0.1, -0.05) is 6.92 Å². The molecule has 2 rings (SSSR count). The highest BCUT2D eigenvalue weighted by Gasteiger charge is 2.63. The van der Waals surface area contributed by atoms with E-state index in [0.717, 1.165) is 0 Å². The van der Waals surface area contributed by atoms with Crippen molar-refractivity contribution in [1.82, 2.24) is 14.8 Å². The minimum Gasteiger partial charge on any atom is -0.362 e. The van der Waals surface area contributed by atoms with E-state index >= 15 is 0 Å². The van der Waals surface area contributed by atoms with Crippen LogP contribution in [0.5, 0.6) is 0 Å². The number of amides is 1. The Labute approximate surface area is 146 Å². The Morgan fingerprint density at radius 2 is 2.00 bits per heavy atom. The van der Waals surface area contributed by atoms with Crippen LogP contribution < -0.4 is 0 Å². The molecule has 0 aromatic carbocycles. The van der Waals surface area contributed by atoms with Crippen molar-refractivity contribution in [3.63, 3.8) is 0 Å². The fourth-order valence-electron chi connectivity index (χ4n) is 2.85. The predicted octanol–water partition coefficient (Wildman–Crippen LogP) is 1.90. The lowest BCUT2D eigenvalue weighted by Crippen LogP contribution is -2.57. The molecular weight excluding hydrogens is 359 g/mol. The molecular formula is C14H18F3N5O4. The molecule has 2 heterocycles. The van der Waals surface area contributed by atoms with Gasteiger partial charge in [0.2, 0.25) is 5.91 Å². The fourth-order valence-corrected chi connectivity index (χ4v) is 2.85. The van der Waals surface area contributed by atoms with Crippen molar-refractivity contribution < 1.29 is 28.0 Å². The molecule has 1 amide bonds. The lowest BCUT2D eigenvalue weighted by molar-refractivity contribution is -0.386. The molecule has 1 N–H and O–H groups in total. The number of hydrogen-bond acceptors (Lipinski definition) is 6.